The summed E-state index contributed by atoms with van der Waals surface area (Å²) in [5.41, 5.74) is 7.17. The van der Waals surface area contributed by atoms with Crippen molar-refractivity contribution in [1.82, 2.24) is 4.98 Å². The van der Waals surface area contributed by atoms with Crippen molar-refractivity contribution < 1.29 is 4.42 Å². The highest BCUT2D eigenvalue weighted by Gasteiger charge is 2.07. The molecule has 1 aromatic rings. The smallest absolute Gasteiger partial charge is 0.221 e. The maximum absolute atomic E-state index is 5.38. The molecule has 0 spiro atoms. The summed E-state index contributed by atoms with van der Waals surface area (Å²) in [5, 5.41) is 0. The van der Waals surface area contributed by atoms with Crippen molar-refractivity contribution in [1.29, 1.82) is 0 Å². The number of oxazole rings is 1. The van der Waals surface area contributed by atoms with Crippen LogP contribution in [0, 0.1) is 13.8 Å². The molecule has 3 heteroatoms. The van der Waals surface area contributed by atoms with Gasteiger partial charge in [-0.3, -0.25) is 0 Å². The Labute approximate surface area is 72.3 Å². The molecule has 0 atom stereocenters. The fourth-order valence-corrected chi connectivity index (χ4v) is 0.905. The second-order valence-electron chi connectivity index (χ2n) is 2.80. The van der Waals surface area contributed by atoms with E-state index >= 15 is 0 Å². The van der Waals surface area contributed by atoms with Crippen molar-refractivity contribution >= 4 is 5.57 Å². The first kappa shape index (κ1) is 9.00. The average molecular weight is 166 g/mol. The Morgan fingerprint density at radius 1 is 1.58 bits per heavy atom. The molecule has 0 aromatic carbocycles. The van der Waals surface area contributed by atoms with Crippen molar-refractivity contribution in [2.75, 3.05) is 6.54 Å². The van der Waals surface area contributed by atoms with Crippen LogP contribution >= 0.6 is 0 Å². The van der Waals surface area contributed by atoms with Crippen LogP contribution in [0.4, 0.5) is 0 Å². The van der Waals surface area contributed by atoms with Crippen LogP contribution in [0.5, 0.6) is 0 Å². The molecular weight excluding hydrogens is 152 g/mol. The van der Waals surface area contributed by atoms with Crippen molar-refractivity contribution in [2.45, 2.75) is 20.3 Å². The molecule has 0 fully saturated rings. The zero-order chi connectivity index (χ0) is 9.14. The summed E-state index contributed by atoms with van der Waals surface area (Å²) in [4.78, 5) is 4.21. The third-order valence-corrected chi connectivity index (χ3v) is 1.78. The van der Waals surface area contributed by atoms with Gasteiger partial charge in [0.15, 0.2) is 0 Å². The van der Waals surface area contributed by atoms with E-state index in [2.05, 4.69) is 11.6 Å². The van der Waals surface area contributed by atoms with E-state index in [4.69, 9.17) is 10.2 Å². The molecule has 0 saturated carbocycles. The highest BCUT2D eigenvalue weighted by molar-refractivity contribution is 5.55. The minimum atomic E-state index is 0.583. The highest BCUT2D eigenvalue weighted by atomic mass is 16.4. The van der Waals surface area contributed by atoms with E-state index in [1.165, 1.54) is 0 Å². The predicted octanol–water partition coefficient (Wildman–Crippen LogP) is 1.65. The summed E-state index contributed by atoms with van der Waals surface area (Å²) in [6.45, 7) is 8.22. The van der Waals surface area contributed by atoms with E-state index in [0.717, 1.165) is 23.4 Å². The van der Waals surface area contributed by atoms with Crippen LogP contribution in [0.3, 0.4) is 0 Å². The molecule has 0 saturated heterocycles. The standard InChI is InChI=1S/C9H14N2O/c1-6(4-5-10)9-11-7(2)8(3)12-9/h1,4-5,10H2,2-3H3. The predicted molar refractivity (Wildman–Crippen MR) is 48.7 cm³/mol. The molecule has 2 N–H and O–H groups in total. The second kappa shape index (κ2) is 3.54. The summed E-state index contributed by atoms with van der Waals surface area (Å²) in [5.74, 6) is 1.47. The fraction of sp³-hybridized carbons (Fsp3) is 0.444. The summed E-state index contributed by atoms with van der Waals surface area (Å²) in [7, 11) is 0. The Bertz CT molecular complexity index is 269. The van der Waals surface area contributed by atoms with Crippen LogP contribution in [-0.4, -0.2) is 11.5 Å². The molecule has 12 heavy (non-hydrogen) atoms. The number of nitrogens with two attached hydrogens (primary N) is 1. The second-order valence-corrected chi connectivity index (χ2v) is 2.80. The molecule has 0 amide bonds. The van der Waals surface area contributed by atoms with E-state index in [1.54, 1.807) is 0 Å². The Kier molecular flexibility index (Phi) is 2.65. The van der Waals surface area contributed by atoms with Gasteiger partial charge in [-0.25, -0.2) is 4.98 Å². The van der Waals surface area contributed by atoms with E-state index in [1.807, 2.05) is 13.8 Å². The number of hydrogen-bond acceptors (Lipinski definition) is 3. The van der Waals surface area contributed by atoms with Gasteiger partial charge >= 0.3 is 0 Å². The van der Waals surface area contributed by atoms with Gasteiger partial charge in [0.1, 0.15) is 5.76 Å². The van der Waals surface area contributed by atoms with Crippen LogP contribution in [0.1, 0.15) is 23.8 Å². The van der Waals surface area contributed by atoms with Gasteiger partial charge in [0, 0.05) is 5.57 Å². The molecule has 0 aliphatic rings. The zero-order valence-electron chi connectivity index (χ0n) is 7.55. The minimum absolute atomic E-state index is 0.583. The Hall–Kier alpha value is -1.09. The number of aryl methyl sites for hydroxylation is 2. The van der Waals surface area contributed by atoms with Crippen LogP contribution in [0.2, 0.25) is 0 Å². The lowest BCUT2D eigenvalue weighted by Crippen LogP contribution is -1.99. The summed E-state index contributed by atoms with van der Waals surface area (Å²) < 4.78 is 5.36. The van der Waals surface area contributed by atoms with Gasteiger partial charge < -0.3 is 10.2 Å². The monoisotopic (exact) mass is 166 g/mol. The van der Waals surface area contributed by atoms with E-state index in [-0.39, 0.29) is 0 Å². The van der Waals surface area contributed by atoms with Gasteiger partial charge in [0.2, 0.25) is 5.89 Å². The first-order chi connectivity index (χ1) is 5.65. The van der Waals surface area contributed by atoms with Crippen molar-refractivity contribution in [3.63, 3.8) is 0 Å². The topological polar surface area (TPSA) is 52.0 Å². The van der Waals surface area contributed by atoms with Gasteiger partial charge in [-0.05, 0) is 26.8 Å². The molecule has 0 radical (unpaired) electrons. The summed E-state index contributed by atoms with van der Waals surface area (Å²) >= 11 is 0. The van der Waals surface area contributed by atoms with Crippen molar-refractivity contribution in [3.8, 4) is 0 Å². The fourth-order valence-electron chi connectivity index (χ4n) is 0.905. The third kappa shape index (κ3) is 1.74. The van der Waals surface area contributed by atoms with Gasteiger partial charge in [0.25, 0.3) is 0 Å². The maximum Gasteiger partial charge on any atom is 0.221 e. The molecule has 0 unspecified atom stereocenters. The molecule has 3 nitrogen and oxygen atoms in total. The number of rotatable bonds is 3. The Morgan fingerprint density at radius 2 is 2.25 bits per heavy atom. The molecule has 0 aliphatic carbocycles. The van der Waals surface area contributed by atoms with Gasteiger partial charge in [0.05, 0.1) is 5.69 Å². The zero-order valence-corrected chi connectivity index (χ0v) is 7.55. The van der Waals surface area contributed by atoms with Gasteiger partial charge in [-0.1, -0.05) is 6.58 Å². The van der Waals surface area contributed by atoms with Crippen LogP contribution < -0.4 is 5.73 Å². The minimum Gasteiger partial charge on any atom is -0.442 e. The van der Waals surface area contributed by atoms with E-state index < -0.39 is 0 Å². The lowest BCUT2D eigenvalue weighted by molar-refractivity contribution is 0.509. The van der Waals surface area contributed by atoms with Gasteiger partial charge in [-0.15, -0.1) is 0 Å². The van der Waals surface area contributed by atoms with Gasteiger partial charge in [-0.2, -0.15) is 0 Å². The average Bonchev–Trinajstić information content (AvgIpc) is 2.33. The van der Waals surface area contributed by atoms with Crippen LogP contribution in [0.15, 0.2) is 11.0 Å². The highest BCUT2D eigenvalue weighted by Crippen LogP contribution is 2.17. The largest absolute Gasteiger partial charge is 0.442 e. The molecule has 0 aliphatic heterocycles. The molecular formula is C9H14N2O. The van der Waals surface area contributed by atoms with E-state index in [9.17, 15) is 0 Å². The number of nitrogens with zero attached hydrogens (tertiary/aromatic N) is 1. The maximum atomic E-state index is 5.38. The van der Waals surface area contributed by atoms with E-state index in [0.29, 0.717) is 12.4 Å². The molecule has 1 heterocycles. The normalized spacial score (nSPS) is 10.2. The Morgan fingerprint density at radius 3 is 2.67 bits per heavy atom. The number of hydrogen-bond donors (Lipinski definition) is 1. The lowest BCUT2D eigenvalue weighted by atomic mass is 10.2. The lowest BCUT2D eigenvalue weighted by Gasteiger charge is -1.95. The van der Waals surface area contributed by atoms with Crippen LogP contribution in [-0.2, 0) is 0 Å². The number of aromatic nitrogens is 1. The molecule has 0 bridgehead atoms. The molecule has 1 rings (SSSR count). The molecule has 1 aromatic heterocycles. The van der Waals surface area contributed by atoms with Crippen LogP contribution in [0.25, 0.3) is 5.57 Å². The quantitative estimate of drug-likeness (QED) is 0.742. The SMILES string of the molecule is C=C(CCN)c1nc(C)c(C)o1. The first-order valence-corrected chi connectivity index (χ1v) is 3.97. The van der Waals surface area contributed by atoms with Crippen molar-refractivity contribution in [3.05, 3.63) is 23.9 Å². The summed E-state index contributed by atoms with van der Waals surface area (Å²) in [6, 6.07) is 0. The Balaban J connectivity index is 2.82. The molecule has 66 valence electrons. The summed E-state index contributed by atoms with van der Waals surface area (Å²) in [6.07, 6.45) is 0.736. The third-order valence-electron chi connectivity index (χ3n) is 1.78. The first-order valence-electron chi connectivity index (χ1n) is 3.97. The van der Waals surface area contributed by atoms with Crippen molar-refractivity contribution in [2.24, 2.45) is 5.73 Å².